The predicted octanol–water partition coefficient (Wildman–Crippen LogP) is 5.10. The van der Waals surface area contributed by atoms with Crippen LogP contribution in [0.3, 0.4) is 0 Å². The molecule has 0 saturated carbocycles. The van der Waals surface area contributed by atoms with Gasteiger partial charge in [0, 0.05) is 6.16 Å². The molecule has 3 atom stereocenters. The maximum absolute atomic E-state index is 12.1. The fraction of sp³-hybridized carbons (Fsp3) is 1.00. The lowest BCUT2D eigenvalue weighted by atomic mass is 10.0. The van der Waals surface area contributed by atoms with E-state index in [1.165, 1.54) is 0 Å². The summed E-state index contributed by atoms with van der Waals surface area (Å²) in [5.41, 5.74) is 0. The van der Waals surface area contributed by atoms with Gasteiger partial charge in [0.25, 0.3) is 0 Å². The largest absolute Gasteiger partial charge is 1.00 e. The summed E-state index contributed by atoms with van der Waals surface area (Å²) in [4.78, 5) is 12.1. The van der Waals surface area contributed by atoms with Crippen molar-refractivity contribution < 1.29 is 15.4 Å². The Bertz CT molecular complexity index is 274. The lowest BCUT2D eigenvalue weighted by Crippen LogP contribution is -2.18. The van der Waals surface area contributed by atoms with Crippen molar-refractivity contribution in [3.63, 3.8) is 0 Å². The molecule has 0 radical (unpaired) electrons. The van der Waals surface area contributed by atoms with Gasteiger partial charge in [-0.25, -0.2) is 0 Å². The second-order valence-corrected chi connectivity index (χ2v) is 7.77. The summed E-state index contributed by atoms with van der Waals surface area (Å²) in [5.74, 6) is 0.641. The molecule has 3 nitrogen and oxygen atoms in total. The zero-order chi connectivity index (χ0) is 15.4. The van der Waals surface area contributed by atoms with Crippen molar-refractivity contribution in [3.8, 4) is 0 Å². The van der Waals surface area contributed by atoms with Crippen LogP contribution in [0.1, 0.15) is 80.5 Å². The summed E-state index contributed by atoms with van der Waals surface area (Å²) in [6.45, 7) is 8.85. The van der Waals surface area contributed by atoms with Crippen LogP contribution in [0.25, 0.3) is 0 Å². The minimum absolute atomic E-state index is 0. The first-order valence-electron chi connectivity index (χ1n) is 8.43. The first-order valence-corrected chi connectivity index (χ1v) is 10.2. The Kier molecular flexibility index (Phi) is 11.9. The van der Waals surface area contributed by atoms with E-state index < -0.39 is 7.60 Å². The second-order valence-electron chi connectivity index (χ2n) is 5.92. The Hall–Kier alpha value is 0.150. The molecular formula is C16H35O3P. The molecule has 0 aliphatic rings. The molecule has 3 unspecified atom stereocenters. The third-order valence-electron chi connectivity index (χ3n) is 4.08. The highest BCUT2D eigenvalue weighted by Crippen LogP contribution is 2.41. The zero-order valence-electron chi connectivity index (χ0n) is 14.9. The molecule has 122 valence electrons. The topological polar surface area (TPSA) is 49.4 Å². The molecule has 0 fully saturated rings. The molecular weight excluding hydrogens is 271 g/mol. The van der Waals surface area contributed by atoms with Gasteiger partial charge in [0.1, 0.15) is 7.60 Å². The van der Waals surface area contributed by atoms with Gasteiger partial charge in [-0.2, -0.15) is 0 Å². The third-order valence-corrected chi connectivity index (χ3v) is 5.58. The Morgan fingerprint density at radius 1 is 1.00 bits per heavy atom. The molecule has 0 amide bonds. The van der Waals surface area contributed by atoms with Gasteiger partial charge in [0.2, 0.25) is 0 Å². The van der Waals surface area contributed by atoms with Gasteiger partial charge >= 0.3 is 1.43 Å². The van der Waals surface area contributed by atoms with Crippen molar-refractivity contribution in [1.82, 2.24) is 0 Å². The van der Waals surface area contributed by atoms with Gasteiger partial charge in [-0.1, -0.05) is 66.2 Å². The summed E-state index contributed by atoms with van der Waals surface area (Å²) >= 11 is 0. The van der Waals surface area contributed by atoms with E-state index in [2.05, 4.69) is 27.7 Å². The van der Waals surface area contributed by atoms with E-state index in [0.717, 1.165) is 51.4 Å². The van der Waals surface area contributed by atoms with E-state index in [0.29, 0.717) is 12.5 Å². The van der Waals surface area contributed by atoms with E-state index in [1.807, 2.05) is 0 Å². The Morgan fingerprint density at radius 3 is 1.95 bits per heavy atom. The summed E-state index contributed by atoms with van der Waals surface area (Å²) in [5, 5.41) is 0. The van der Waals surface area contributed by atoms with E-state index in [-0.39, 0.29) is 13.5 Å². The molecule has 0 aromatic heterocycles. The van der Waals surface area contributed by atoms with Crippen molar-refractivity contribution >= 4 is 7.60 Å². The van der Waals surface area contributed by atoms with Gasteiger partial charge in [0.15, 0.2) is 0 Å². The summed E-state index contributed by atoms with van der Waals surface area (Å²) in [7, 11) is -3.65. The number of unbranched alkanes of at least 4 members (excludes halogenated alkanes) is 2. The Balaban J connectivity index is 0. The first-order chi connectivity index (χ1) is 9.49. The molecule has 0 aromatic carbocycles. The van der Waals surface area contributed by atoms with Crippen LogP contribution in [0.2, 0.25) is 0 Å². The van der Waals surface area contributed by atoms with Gasteiger partial charge in [-0.05, 0) is 24.7 Å². The van der Waals surface area contributed by atoms with Crippen LogP contribution in [0.5, 0.6) is 0 Å². The van der Waals surface area contributed by atoms with Crippen LogP contribution >= 0.6 is 7.60 Å². The molecule has 0 aliphatic heterocycles. The van der Waals surface area contributed by atoms with Crippen LogP contribution in [0.15, 0.2) is 0 Å². The van der Waals surface area contributed by atoms with Gasteiger partial charge in [0.05, 0.1) is 6.61 Å². The van der Waals surface area contributed by atoms with Crippen molar-refractivity contribution in [2.75, 3.05) is 12.8 Å². The normalized spacial score (nSPS) is 17.6. The lowest BCUT2D eigenvalue weighted by molar-refractivity contribution is -0.200. The molecule has 0 heterocycles. The highest BCUT2D eigenvalue weighted by Gasteiger charge is 2.18. The third kappa shape index (κ3) is 9.96. The van der Waals surface area contributed by atoms with Crippen molar-refractivity contribution in [3.05, 3.63) is 0 Å². The summed E-state index contributed by atoms with van der Waals surface area (Å²) in [6, 6.07) is 0. The van der Waals surface area contributed by atoms with E-state index >= 15 is 0 Å². The highest BCUT2D eigenvalue weighted by molar-refractivity contribution is 7.51. The number of rotatable bonds is 13. The van der Waals surface area contributed by atoms with Crippen molar-refractivity contribution in [2.45, 2.75) is 79.1 Å². The maximum Gasteiger partial charge on any atom is 1.00 e. The van der Waals surface area contributed by atoms with Crippen LogP contribution in [-0.4, -0.2) is 12.8 Å². The van der Waals surface area contributed by atoms with E-state index in [9.17, 15) is 9.46 Å². The summed E-state index contributed by atoms with van der Waals surface area (Å²) in [6.07, 6.45) is 8.72. The molecule has 0 N–H and O–H groups in total. The molecule has 0 spiro atoms. The minimum Gasteiger partial charge on any atom is -0.778 e. The standard InChI is InChI=1S/C16H35O3P/c1-5-9-11-15(7-3)13-19-20(17,18)14-16(8-4)12-10-6-2/h15-16H,5-14H2,1-4H3,(H,17,18). The van der Waals surface area contributed by atoms with Crippen LogP contribution in [-0.2, 0) is 9.09 Å². The average Bonchev–Trinajstić information content (AvgIpc) is 2.43. The van der Waals surface area contributed by atoms with Gasteiger partial charge in [-0.3, -0.25) is 0 Å². The molecule has 0 aromatic rings. The molecule has 0 aliphatic carbocycles. The monoisotopic (exact) mass is 306 g/mol. The van der Waals surface area contributed by atoms with E-state index in [4.69, 9.17) is 4.52 Å². The minimum atomic E-state index is -3.65. The summed E-state index contributed by atoms with van der Waals surface area (Å²) < 4.78 is 17.4. The number of hydrogen-bond acceptors (Lipinski definition) is 3. The van der Waals surface area contributed by atoms with Crippen LogP contribution in [0.4, 0.5) is 0 Å². The average molecular weight is 306 g/mol. The van der Waals surface area contributed by atoms with Gasteiger partial charge in [-0.15, -0.1) is 0 Å². The van der Waals surface area contributed by atoms with E-state index in [1.54, 1.807) is 0 Å². The Labute approximate surface area is 127 Å². The second kappa shape index (κ2) is 11.8. The predicted molar refractivity (Wildman–Crippen MR) is 86.1 cm³/mol. The van der Waals surface area contributed by atoms with Crippen LogP contribution < -0.4 is 4.89 Å². The molecule has 0 saturated heterocycles. The van der Waals surface area contributed by atoms with Crippen molar-refractivity contribution in [2.24, 2.45) is 11.8 Å². The number of hydrogen-bond donors (Lipinski definition) is 0. The molecule has 0 bridgehead atoms. The Morgan fingerprint density at radius 2 is 1.50 bits per heavy atom. The molecule has 20 heavy (non-hydrogen) atoms. The molecule has 0 rings (SSSR count). The fourth-order valence-electron chi connectivity index (χ4n) is 2.40. The van der Waals surface area contributed by atoms with Crippen LogP contribution in [0, 0.1) is 11.8 Å². The first kappa shape index (κ1) is 20.1. The quantitative estimate of drug-likeness (QED) is 0.445. The highest BCUT2D eigenvalue weighted by atomic mass is 31.2. The smallest absolute Gasteiger partial charge is 0.778 e. The maximum atomic E-state index is 12.1. The lowest BCUT2D eigenvalue weighted by Gasteiger charge is -2.29. The molecule has 4 heteroatoms. The SMILES string of the molecule is CCCCC(CC)COP(=O)([O-])CC(CC)CCCC.[H+]. The van der Waals surface area contributed by atoms with Gasteiger partial charge < -0.3 is 14.0 Å². The fourth-order valence-corrected chi connectivity index (χ4v) is 4.02. The zero-order valence-corrected chi connectivity index (χ0v) is 14.8. The van der Waals surface area contributed by atoms with Crippen molar-refractivity contribution in [1.29, 1.82) is 0 Å².